The van der Waals surface area contributed by atoms with Gasteiger partial charge >= 0.3 is 6.18 Å². The van der Waals surface area contributed by atoms with Crippen molar-refractivity contribution in [3.05, 3.63) is 40.5 Å². The van der Waals surface area contributed by atoms with Crippen molar-refractivity contribution < 1.29 is 35.7 Å². The van der Waals surface area contributed by atoms with Gasteiger partial charge in [0, 0.05) is 43.7 Å². The van der Waals surface area contributed by atoms with Crippen LogP contribution in [0.1, 0.15) is 60.3 Å². The fourth-order valence-electron chi connectivity index (χ4n) is 4.56. The molecule has 2 heterocycles. The van der Waals surface area contributed by atoms with Gasteiger partial charge < -0.3 is 10.5 Å². The van der Waals surface area contributed by atoms with Gasteiger partial charge in [-0.15, -0.1) is 0 Å². The molecule has 0 aliphatic heterocycles. The first-order chi connectivity index (χ1) is 16.1. The Balaban J connectivity index is 1.76. The normalized spacial score (nSPS) is 23.7. The SMILES string of the molecule is CC1CC(F)(F)CC1Cn1nc(C2CC2)c(C(F)(F)F)c1C(=O)Nc1cc[n+]([O-])c(S(C)(=N)=O)c1. The van der Waals surface area contributed by atoms with Gasteiger partial charge in [0.15, 0.2) is 6.20 Å². The fraction of sp³-hybridized carbons (Fsp3) is 0.571. The average molecular weight is 522 g/mol. The summed E-state index contributed by atoms with van der Waals surface area (Å²) in [6.45, 7) is 1.31. The number of amides is 1. The minimum atomic E-state index is -4.92. The van der Waals surface area contributed by atoms with Crippen LogP contribution in [0.3, 0.4) is 0 Å². The first-order valence-corrected chi connectivity index (χ1v) is 12.9. The molecular weight excluding hydrogens is 497 g/mol. The van der Waals surface area contributed by atoms with E-state index in [0.717, 1.165) is 29.3 Å². The average Bonchev–Trinajstić information content (AvgIpc) is 3.41. The van der Waals surface area contributed by atoms with Gasteiger partial charge in [-0.25, -0.2) is 17.8 Å². The number of anilines is 1. The van der Waals surface area contributed by atoms with E-state index >= 15 is 0 Å². The molecule has 8 nitrogen and oxygen atoms in total. The minimum absolute atomic E-state index is 0.145. The molecule has 3 unspecified atom stereocenters. The summed E-state index contributed by atoms with van der Waals surface area (Å²) in [4.78, 5) is 13.2. The van der Waals surface area contributed by atoms with Crippen LogP contribution in [0.5, 0.6) is 0 Å². The maximum Gasteiger partial charge on any atom is 0.420 e. The Morgan fingerprint density at radius 1 is 1.37 bits per heavy atom. The number of carbonyl (C=O) groups is 1. The van der Waals surface area contributed by atoms with Crippen molar-refractivity contribution in [2.45, 2.75) is 62.2 Å². The number of hydrogen-bond donors (Lipinski definition) is 2. The lowest BCUT2D eigenvalue weighted by Gasteiger charge is -2.17. The highest BCUT2D eigenvalue weighted by molar-refractivity contribution is 7.91. The van der Waals surface area contributed by atoms with Crippen LogP contribution in [0.25, 0.3) is 0 Å². The molecule has 35 heavy (non-hydrogen) atoms. The molecule has 4 rings (SSSR count). The molecule has 2 saturated carbocycles. The molecule has 2 aliphatic rings. The maximum atomic E-state index is 14.1. The molecule has 3 atom stereocenters. The number of nitrogens with one attached hydrogen (secondary N) is 2. The van der Waals surface area contributed by atoms with Gasteiger partial charge in [0.1, 0.15) is 21.0 Å². The highest BCUT2D eigenvalue weighted by Gasteiger charge is 2.48. The largest absolute Gasteiger partial charge is 0.618 e. The number of carbonyl (C=O) groups excluding carboxylic acids is 1. The van der Waals surface area contributed by atoms with Crippen molar-refractivity contribution in [1.29, 1.82) is 4.78 Å². The summed E-state index contributed by atoms with van der Waals surface area (Å²) in [7, 11) is -3.50. The van der Waals surface area contributed by atoms with E-state index < -0.39 is 74.6 Å². The molecule has 0 saturated heterocycles. The lowest BCUT2D eigenvalue weighted by Crippen LogP contribution is -2.33. The van der Waals surface area contributed by atoms with Crippen molar-refractivity contribution in [1.82, 2.24) is 9.78 Å². The fourth-order valence-corrected chi connectivity index (χ4v) is 5.31. The lowest BCUT2D eigenvalue weighted by atomic mass is 9.98. The van der Waals surface area contributed by atoms with Gasteiger partial charge in [-0.3, -0.25) is 9.48 Å². The smallest absolute Gasteiger partial charge is 0.420 e. The lowest BCUT2D eigenvalue weighted by molar-refractivity contribution is -0.646. The second-order valence-electron chi connectivity index (χ2n) is 9.44. The summed E-state index contributed by atoms with van der Waals surface area (Å²) in [5, 5.41) is 17.7. The van der Waals surface area contributed by atoms with E-state index in [-0.39, 0.29) is 22.7 Å². The Labute approximate surface area is 198 Å². The highest BCUT2D eigenvalue weighted by atomic mass is 32.2. The maximum absolute atomic E-state index is 14.1. The molecule has 2 aromatic rings. The van der Waals surface area contributed by atoms with Gasteiger partial charge in [0.25, 0.3) is 10.9 Å². The van der Waals surface area contributed by atoms with E-state index in [1.54, 1.807) is 6.92 Å². The van der Waals surface area contributed by atoms with Crippen LogP contribution in [-0.2, 0) is 22.5 Å². The Bertz CT molecular complexity index is 1270. The molecule has 192 valence electrons. The number of rotatable bonds is 6. The van der Waals surface area contributed by atoms with Crippen LogP contribution in [0.4, 0.5) is 27.6 Å². The zero-order valence-electron chi connectivity index (χ0n) is 18.9. The van der Waals surface area contributed by atoms with E-state index in [0.29, 0.717) is 12.8 Å². The highest BCUT2D eigenvalue weighted by Crippen LogP contribution is 2.48. The standard InChI is InChI=1S/C21H24F5N5O3S/c1-11-8-20(22,23)9-13(11)10-30-18(16(21(24,25)26)17(29-30)12-3-4-12)19(32)28-14-5-6-31(33)15(7-14)35(2,27)34/h5-7,11-13,27H,3-4,8-10H2,1-2H3,(H,28,32). The Kier molecular flexibility index (Phi) is 6.09. The third-order valence-electron chi connectivity index (χ3n) is 6.38. The summed E-state index contributed by atoms with van der Waals surface area (Å²) < 4.78 is 90.9. The molecule has 0 aromatic carbocycles. The quantitative estimate of drug-likeness (QED) is 0.334. The molecular formula is C21H24F5N5O3S. The molecule has 2 fully saturated rings. The van der Waals surface area contributed by atoms with Crippen LogP contribution in [0, 0.1) is 21.8 Å². The number of halogens is 5. The van der Waals surface area contributed by atoms with Crippen molar-refractivity contribution >= 4 is 21.3 Å². The van der Waals surface area contributed by atoms with E-state index in [1.165, 1.54) is 0 Å². The van der Waals surface area contributed by atoms with Crippen LogP contribution in [0.15, 0.2) is 23.4 Å². The molecule has 0 spiro atoms. The van der Waals surface area contributed by atoms with E-state index in [4.69, 9.17) is 4.78 Å². The Hall–Kier alpha value is -2.77. The molecule has 2 N–H and O–H groups in total. The summed E-state index contributed by atoms with van der Waals surface area (Å²) in [6, 6.07) is 2.05. The second kappa shape index (κ2) is 8.42. The van der Waals surface area contributed by atoms with Gasteiger partial charge in [-0.1, -0.05) is 6.92 Å². The van der Waals surface area contributed by atoms with Crippen LogP contribution >= 0.6 is 0 Å². The zero-order valence-corrected chi connectivity index (χ0v) is 19.7. The summed E-state index contributed by atoms with van der Waals surface area (Å²) in [6.07, 6.45) is -3.03. The Morgan fingerprint density at radius 2 is 2.03 bits per heavy atom. The molecule has 1 amide bonds. The predicted octanol–water partition coefficient (Wildman–Crippen LogP) is 4.38. The monoisotopic (exact) mass is 521 g/mol. The van der Waals surface area contributed by atoms with E-state index in [2.05, 4.69) is 10.4 Å². The molecule has 0 radical (unpaired) electrons. The second-order valence-corrected chi connectivity index (χ2v) is 11.5. The molecule has 0 bridgehead atoms. The summed E-state index contributed by atoms with van der Waals surface area (Å²) in [5.41, 5.74) is -2.43. The number of aromatic nitrogens is 3. The third kappa shape index (κ3) is 5.26. The van der Waals surface area contributed by atoms with Crippen LogP contribution in [0.2, 0.25) is 0 Å². The molecule has 2 aromatic heterocycles. The van der Waals surface area contributed by atoms with Crippen molar-refractivity contribution in [3.63, 3.8) is 0 Å². The van der Waals surface area contributed by atoms with Gasteiger partial charge in [0.2, 0.25) is 5.92 Å². The van der Waals surface area contributed by atoms with E-state index in [9.17, 15) is 36.2 Å². The number of nitrogens with zero attached hydrogens (tertiary/aromatic N) is 3. The zero-order chi connectivity index (χ0) is 25.9. The van der Waals surface area contributed by atoms with E-state index in [1.807, 2.05) is 0 Å². The summed E-state index contributed by atoms with van der Waals surface area (Å²) >= 11 is 0. The summed E-state index contributed by atoms with van der Waals surface area (Å²) in [5.74, 6) is -5.78. The number of pyridine rings is 1. The van der Waals surface area contributed by atoms with Crippen LogP contribution in [-0.4, -0.2) is 32.1 Å². The van der Waals surface area contributed by atoms with Crippen molar-refractivity contribution in [2.75, 3.05) is 11.6 Å². The Morgan fingerprint density at radius 3 is 2.54 bits per heavy atom. The molecule has 2 aliphatic carbocycles. The van der Waals surface area contributed by atoms with Crippen LogP contribution < -0.4 is 10.0 Å². The van der Waals surface area contributed by atoms with Crippen molar-refractivity contribution in [2.24, 2.45) is 11.8 Å². The first kappa shape index (κ1) is 25.3. The van der Waals surface area contributed by atoms with Gasteiger partial charge in [0.05, 0.1) is 11.4 Å². The number of hydrogen-bond acceptors (Lipinski definition) is 5. The predicted molar refractivity (Wildman–Crippen MR) is 114 cm³/mol. The van der Waals surface area contributed by atoms with Crippen molar-refractivity contribution in [3.8, 4) is 0 Å². The topological polar surface area (TPSA) is 115 Å². The first-order valence-electron chi connectivity index (χ1n) is 10.9. The number of alkyl halides is 5. The van der Waals surface area contributed by atoms with Gasteiger partial charge in [-0.05, 0) is 24.7 Å². The van der Waals surface area contributed by atoms with Gasteiger partial charge in [-0.2, -0.15) is 23.0 Å². The minimum Gasteiger partial charge on any atom is -0.618 e. The molecule has 14 heteroatoms. The third-order valence-corrected chi connectivity index (χ3v) is 7.47.